The van der Waals surface area contributed by atoms with E-state index in [-0.39, 0.29) is 11.8 Å². The zero-order valence-corrected chi connectivity index (χ0v) is 16.3. The van der Waals surface area contributed by atoms with Crippen LogP contribution in [0.2, 0.25) is 0 Å². The summed E-state index contributed by atoms with van der Waals surface area (Å²) in [5, 5.41) is 2.89. The highest BCUT2D eigenvalue weighted by Gasteiger charge is 2.23. The van der Waals surface area contributed by atoms with Gasteiger partial charge in [0.1, 0.15) is 12.4 Å². The van der Waals surface area contributed by atoms with Crippen LogP contribution in [0, 0.1) is 6.92 Å². The molecule has 6 nitrogen and oxygen atoms in total. The molecule has 0 spiro atoms. The van der Waals surface area contributed by atoms with Crippen LogP contribution in [0.5, 0.6) is 5.75 Å². The molecule has 1 heterocycles. The predicted molar refractivity (Wildman–Crippen MR) is 108 cm³/mol. The Balaban J connectivity index is 1.33. The summed E-state index contributed by atoms with van der Waals surface area (Å²) in [4.78, 5) is 28.5. The topological polar surface area (TPSA) is 61.9 Å². The summed E-state index contributed by atoms with van der Waals surface area (Å²) in [6, 6.07) is 17.2. The van der Waals surface area contributed by atoms with Crippen LogP contribution in [0.4, 0.5) is 0 Å². The van der Waals surface area contributed by atoms with Gasteiger partial charge >= 0.3 is 0 Å². The van der Waals surface area contributed by atoms with Gasteiger partial charge < -0.3 is 15.0 Å². The Kier molecular flexibility index (Phi) is 7.03. The maximum Gasteiger partial charge on any atom is 0.253 e. The summed E-state index contributed by atoms with van der Waals surface area (Å²) in [6.45, 7) is 5.94. The molecule has 1 saturated heterocycles. The maximum absolute atomic E-state index is 12.5. The second kappa shape index (κ2) is 9.90. The van der Waals surface area contributed by atoms with E-state index in [1.165, 1.54) is 0 Å². The molecular formula is C22H27N3O3. The van der Waals surface area contributed by atoms with E-state index in [1.807, 2.05) is 66.4 Å². The molecule has 0 radical (unpaired) electrons. The first kappa shape index (κ1) is 19.9. The van der Waals surface area contributed by atoms with Crippen molar-refractivity contribution in [3.8, 4) is 5.75 Å². The average molecular weight is 381 g/mol. The number of hydrogen-bond donors (Lipinski definition) is 1. The largest absolute Gasteiger partial charge is 0.492 e. The van der Waals surface area contributed by atoms with E-state index in [2.05, 4.69) is 10.2 Å². The summed E-state index contributed by atoms with van der Waals surface area (Å²) in [5.41, 5.74) is 1.86. The zero-order chi connectivity index (χ0) is 19.8. The predicted octanol–water partition coefficient (Wildman–Crippen LogP) is 1.95. The number of nitrogens with one attached hydrogen (secondary N) is 1. The van der Waals surface area contributed by atoms with Gasteiger partial charge in [0.15, 0.2) is 0 Å². The highest BCUT2D eigenvalue weighted by atomic mass is 16.5. The number of benzene rings is 2. The number of aryl methyl sites for hydroxylation is 1. The summed E-state index contributed by atoms with van der Waals surface area (Å²) >= 11 is 0. The molecule has 3 rings (SSSR count). The van der Waals surface area contributed by atoms with Crippen molar-refractivity contribution in [2.45, 2.75) is 6.92 Å². The van der Waals surface area contributed by atoms with Gasteiger partial charge in [-0.3, -0.25) is 14.5 Å². The highest BCUT2D eigenvalue weighted by molar-refractivity contribution is 5.94. The Morgan fingerprint density at radius 1 is 1.00 bits per heavy atom. The number of hydrogen-bond acceptors (Lipinski definition) is 4. The molecule has 0 aliphatic carbocycles. The molecule has 0 aromatic heterocycles. The van der Waals surface area contributed by atoms with Crippen molar-refractivity contribution in [3.05, 3.63) is 65.7 Å². The average Bonchev–Trinajstić information content (AvgIpc) is 2.72. The number of carbonyl (C=O) groups is 2. The lowest BCUT2D eigenvalue weighted by atomic mass is 10.2. The van der Waals surface area contributed by atoms with Crippen molar-refractivity contribution in [1.29, 1.82) is 0 Å². The van der Waals surface area contributed by atoms with Gasteiger partial charge in [0.25, 0.3) is 5.91 Å². The lowest BCUT2D eigenvalue weighted by molar-refractivity contribution is -0.122. The van der Waals surface area contributed by atoms with Gasteiger partial charge in [-0.05, 0) is 36.8 Å². The third-order valence-electron chi connectivity index (χ3n) is 4.73. The highest BCUT2D eigenvalue weighted by Crippen LogP contribution is 2.12. The molecule has 6 heteroatoms. The van der Waals surface area contributed by atoms with Crippen molar-refractivity contribution >= 4 is 11.8 Å². The molecular weight excluding hydrogens is 354 g/mol. The Morgan fingerprint density at radius 2 is 1.75 bits per heavy atom. The summed E-state index contributed by atoms with van der Waals surface area (Å²) in [7, 11) is 0. The quantitative estimate of drug-likeness (QED) is 0.745. The normalized spacial score (nSPS) is 14.5. The Morgan fingerprint density at radius 3 is 2.46 bits per heavy atom. The van der Waals surface area contributed by atoms with Gasteiger partial charge in [-0.15, -0.1) is 0 Å². The number of carbonyl (C=O) groups excluding carboxylic acids is 2. The second-order valence-electron chi connectivity index (χ2n) is 6.95. The van der Waals surface area contributed by atoms with Gasteiger partial charge in [0, 0.05) is 31.7 Å². The number of piperazine rings is 1. The summed E-state index contributed by atoms with van der Waals surface area (Å²) in [6.07, 6.45) is 0. The lowest BCUT2D eigenvalue weighted by Crippen LogP contribution is -2.51. The minimum Gasteiger partial charge on any atom is -0.492 e. The van der Waals surface area contributed by atoms with Crippen molar-refractivity contribution in [2.75, 3.05) is 45.9 Å². The van der Waals surface area contributed by atoms with Crippen molar-refractivity contribution in [1.82, 2.24) is 15.1 Å². The van der Waals surface area contributed by atoms with Crippen molar-refractivity contribution < 1.29 is 14.3 Å². The third kappa shape index (κ3) is 5.82. The van der Waals surface area contributed by atoms with Gasteiger partial charge in [0.05, 0.1) is 13.1 Å². The van der Waals surface area contributed by atoms with Crippen LogP contribution in [0.3, 0.4) is 0 Å². The monoisotopic (exact) mass is 381 g/mol. The molecule has 0 bridgehead atoms. The zero-order valence-electron chi connectivity index (χ0n) is 16.3. The SMILES string of the molecule is Cc1cccc(OCCNC(=O)CN2CCN(C(=O)c3ccccc3)CC2)c1. The molecule has 1 N–H and O–H groups in total. The molecule has 2 aromatic carbocycles. The molecule has 0 saturated carbocycles. The molecule has 1 aliphatic heterocycles. The fraction of sp³-hybridized carbons (Fsp3) is 0.364. The third-order valence-corrected chi connectivity index (χ3v) is 4.73. The Bertz CT molecular complexity index is 787. The fourth-order valence-electron chi connectivity index (χ4n) is 3.20. The van der Waals surface area contributed by atoms with Crippen LogP contribution < -0.4 is 10.1 Å². The molecule has 1 fully saturated rings. The fourth-order valence-corrected chi connectivity index (χ4v) is 3.20. The van der Waals surface area contributed by atoms with E-state index in [4.69, 9.17) is 4.74 Å². The standard InChI is InChI=1S/C22H27N3O3/c1-18-6-5-9-20(16-18)28-15-10-23-21(26)17-24-11-13-25(14-12-24)22(27)19-7-3-2-4-8-19/h2-9,16H,10-15,17H2,1H3,(H,23,26). The van der Waals surface area contributed by atoms with E-state index >= 15 is 0 Å². The van der Waals surface area contributed by atoms with Crippen LogP contribution in [0.15, 0.2) is 54.6 Å². The van der Waals surface area contributed by atoms with Crippen molar-refractivity contribution in [3.63, 3.8) is 0 Å². The van der Waals surface area contributed by atoms with Gasteiger partial charge in [-0.25, -0.2) is 0 Å². The van der Waals surface area contributed by atoms with Gasteiger partial charge in [-0.1, -0.05) is 30.3 Å². The number of amides is 2. The molecule has 2 aromatic rings. The molecule has 148 valence electrons. The van der Waals surface area contributed by atoms with Crippen LogP contribution in [-0.2, 0) is 4.79 Å². The first-order chi connectivity index (χ1) is 13.6. The van der Waals surface area contributed by atoms with Gasteiger partial charge in [0.2, 0.25) is 5.91 Å². The molecule has 1 aliphatic rings. The minimum atomic E-state index is -0.0179. The minimum absolute atomic E-state index is 0.0179. The van der Waals surface area contributed by atoms with E-state index in [1.54, 1.807) is 0 Å². The summed E-state index contributed by atoms with van der Waals surface area (Å²) in [5.74, 6) is 0.849. The van der Waals surface area contributed by atoms with Crippen LogP contribution in [0.25, 0.3) is 0 Å². The maximum atomic E-state index is 12.5. The molecule has 0 atom stereocenters. The molecule has 2 amide bonds. The molecule has 28 heavy (non-hydrogen) atoms. The van der Waals surface area contributed by atoms with E-state index in [0.717, 1.165) is 11.3 Å². The number of rotatable bonds is 7. The van der Waals surface area contributed by atoms with Crippen LogP contribution >= 0.6 is 0 Å². The van der Waals surface area contributed by atoms with E-state index < -0.39 is 0 Å². The lowest BCUT2D eigenvalue weighted by Gasteiger charge is -2.34. The van der Waals surface area contributed by atoms with Crippen LogP contribution in [-0.4, -0.2) is 67.5 Å². The number of ether oxygens (including phenoxy) is 1. The second-order valence-corrected chi connectivity index (χ2v) is 6.95. The van der Waals surface area contributed by atoms with Crippen LogP contribution in [0.1, 0.15) is 15.9 Å². The first-order valence-electron chi connectivity index (χ1n) is 9.64. The summed E-state index contributed by atoms with van der Waals surface area (Å²) < 4.78 is 5.64. The number of nitrogens with zero attached hydrogens (tertiary/aromatic N) is 2. The Labute approximate surface area is 166 Å². The van der Waals surface area contributed by atoms with E-state index in [9.17, 15) is 9.59 Å². The molecule has 0 unspecified atom stereocenters. The van der Waals surface area contributed by atoms with Gasteiger partial charge in [-0.2, -0.15) is 0 Å². The first-order valence-corrected chi connectivity index (χ1v) is 9.64. The smallest absolute Gasteiger partial charge is 0.253 e. The Hall–Kier alpha value is -2.86. The van der Waals surface area contributed by atoms with Crippen molar-refractivity contribution in [2.24, 2.45) is 0 Å². The van der Waals surface area contributed by atoms with E-state index in [0.29, 0.717) is 51.4 Å².